The van der Waals surface area contributed by atoms with Crippen molar-refractivity contribution in [3.63, 3.8) is 0 Å². The highest BCUT2D eigenvalue weighted by atomic mass is 32.1. The Balaban J connectivity index is 2.50. The van der Waals surface area contributed by atoms with Gasteiger partial charge in [0.15, 0.2) is 0 Å². The molecule has 2 N–H and O–H groups in total. The second-order valence-electron chi connectivity index (χ2n) is 5.25. The molecule has 2 rings (SSSR count). The van der Waals surface area contributed by atoms with Gasteiger partial charge in [0.05, 0.1) is 11.3 Å². The van der Waals surface area contributed by atoms with E-state index in [9.17, 15) is 0 Å². The zero-order chi connectivity index (χ0) is 15.6. The number of para-hydroxylation sites is 1. The van der Waals surface area contributed by atoms with E-state index in [4.69, 9.17) is 22.7 Å². The summed E-state index contributed by atoms with van der Waals surface area (Å²) in [7, 11) is 0. The third kappa shape index (κ3) is 3.19. The van der Waals surface area contributed by atoms with E-state index in [2.05, 4.69) is 24.0 Å². The monoisotopic (exact) mass is 301 g/mol. The molecule has 0 saturated heterocycles. The molecule has 0 fully saturated rings. The van der Waals surface area contributed by atoms with Gasteiger partial charge in [-0.2, -0.15) is 5.10 Å². The summed E-state index contributed by atoms with van der Waals surface area (Å²) in [5.41, 5.74) is 9.26. The summed E-state index contributed by atoms with van der Waals surface area (Å²) in [4.78, 5) is 0.266. The van der Waals surface area contributed by atoms with Gasteiger partial charge in [0.25, 0.3) is 0 Å². The second-order valence-corrected chi connectivity index (χ2v) is 5.69. The molecular weight excluding hydrogens is 282 g/mol. The number of ether oxygens (including phenoxy) is 1. The molecule has 0 bridgehead atoms. The highest BCUT2D eigenvalue weighted by molar-refractivity contribution is 7.80. The van der Waals surface area contributed by atoms with Crippen molar-refractivity contribution >= 4 is 17.2 Å². The Labute approximate surface area is 130 Å². The standard InChI is InChI=1S/C16H19N3OS/c1-9(2)12-7-5-6-8-13(12)20-16-14(15(17)21)10(3)11(4)18-19-16/h5-9H,1-4H3,(H2,17,21). The van der Waals surface area contributed by atoms with Gasteiger partial charge >= 0.3 is 0 Å². The minimum Gasteiger partial charge on any atom is -0.437 e. The molecule has 0 aliphatic rings. The van der Waals surface area contributed by atoms with Crippen molar-refractivity contribution < 1.29 is 4.74 Å². The van der Waals surface area contributed by atoms with Gasteiger partial charge < -0.3 is 10.5 Å². The highest BCUT2D eigenvalue weighted by Gasteiger charge is 2.17. The van der Waals surface area contributed by atoms with E-state index in [0.717, 1.165) is 22.6 Å². The minimum atomic E-state index is 0.266. The third-order valence-corrected chi connectivity index (χ3v) is 3.62. The Morgan fingerprint density at radius 2 is 1.86 bits per heavy atom. The average molecular weight is 301 g/mol. The van der Waals surface area contributed by atoms with Crippen LogP contribution in [0, 0.1) is 13.8 Å². The molecular formula is C16H19N3OS. The van der Waals surface area contributed by atoms with Crippen molar-refractivity contribution in [3.05, 3.63) is 46.6 Å². The lowest BCUT2D eigenvalue weighted by Crippen LogP contribution is -2.15. The van der Waals surface area contributed by atoms with E-state index in [1.807, 2.05) is 38.1 Å². The molecule has 0 aliphatic heterocycles. The summed E-state index contributed by atoms with van der Waals surface area (Å²) in [5.74, 6) is 1.45. The van der Waals surface area contributed by atoms with Gasteiger partial charge in [-0.05, 0) is 37.0 Å². The van der Waals surface area contributed by atoms with Crippen molar-refractivity contribution in [2.75, 3.05) is 0 Å². The van der Waals surface area contributed by atoms with Crippen LogP contribution in [0.1, 0.15) is 42.1 Å². The molecule has 4 nitrogen and oxygen atoms in total. The number of aromatic nitrogens is 2. The van der Waals surface area contributed by atoms with Gasteiger partial charge in [-0.3, -0.25) is 0 Å². The summed E-state index contributed by atoms with van der Waals surface area (Å²) in [5, 5.41) is 8.22. The average Bonchev–Trinajstić information content (AvgIpc) is 2.43. The maximum absolute atomic E-state index is 5.96. The largest absolute Gasteiger partial charge is 0.437 e. The topological polar surface area (TPSA) is 61.0 Å². The van der Waals surface area contributed by atoms with Crippen molar-refractivity contribution in [1.29, 1.82) is 0 Å². The molecule has 0 amide bonds. The predicted molar refractivity (Wildman–Crippen MR) is 88.0 cm³/mol. The number of aryl methyl sites for hydroxylation is 1. The molecule has 5 heteroatoms. The van der Waals surface area contributed by atoms with E-state index < -0.39 is 0 Å². The summed E-state index contributed by atoms with van der Waals surface area (Å²) in [6, 6.07) is 7.86. The van der Waals surface area contributed by atoms with Crippen LogP contribution in [0.25, 0.3) is 0 Å². The molecule has 1 heterocycles. The second kappa shape index (κ2) is 6.18. The van der Waals surface area contributed by atoms with Crippen LogP contribution in [0.2, 0.25) is 0 Å². The van der Waals surface area contributed by atoms with Crippen molar-refractivity contribution in [3.8, 4) is 11.6 Å². The van der Waals surface area contributed by atoms with E-state index in [0.29, 0.717) is 17.4 Å². The number of nitrogens with two attached hydrogens (primary N) is 1. The molecule has 0 radical (unpaired) electrons. The first-order chi connectivity index (χ1) is 9.91. The Morgan fingerprint density at radius 3 is 2.48 bits per heavy atom. The van der Waals surface area contributed by atoms with E-state index in [1.165, 1.54) is 0 Å². The van der Waals surface area contributed by atoms with Crippen LogP contribution in [-0.4, -0.2) is 15.2 Å². The molecule has 0 atom stereocenters. The van der Waals surface area contributed by atoms with Crippen molar-refractivity contribution in [1.82, 2.24) is 10.2 Å². The number of thiocarbonyl (C=S) groups is 1. The molecule has 21 heavy (non-hydrogen) atoms. The van der Waals surface area contributed by atoms with Crippen LogP contribution in [0.4, 0.5) is 0 Å². The smallest absolute Gasteiger partial charge is 0.249 e. The van der Waals surface area contributed by atoms with Crippen LogP contribution < -0.4 is 10.5 Å². The van der Waals surface area contributed by atoms with Crippen LogP contribution >= 0.6 is 12.2 Å². The maximum Gasteiger partial charge on any atom is 0.249 e. The highest BCUT2D eigenvalue weighted by Crippen LogP contribution is 2.31. The van der Waals surface area contributed by atoms with Crippen LogP contribution in [0.15, 0.2) is 24.3 Å². The van der Waals surface area contributed by atoms with E-state index in [-0.39, 0.29) is 4.99 Å². The summed E-state index contributed by atoms with van der Waals surface area (Å²) in [6.45, 7) is 8.02. The first-order valence-electron chi connectivity index (χ1n) is 6.82. The van der Waals surface area contributed by atoms with Crippen LogP contribution in [-0.2, 0) is 0 Å². The number of hydrogen-bond donors (Lipinski definition) is 1. The Hall–Kier alpha value is -2.01. The van der Waals surface area contributed by atoms with E-state index in [1.54, 1.807) is 0 Å². The zero-order valence-electron chi connectivity index (χ0n) is 12.7. The fourth-order valence-electron chi connectivity index (χ4n) is 2.10. The molecule has 2 aromatic rings. The SMILES string of the molecule is Cc1nnc(Oc2ccccc2C(C)C)c(C(N)=S)c1C. The fourth-order valence-corrected chi connectivity index (χ4v) is 2.34. The van der Waals surface area contributed by atoms with Gasteiger partial charge in [0.2, 0.25) is 5.88 Å². The lowest BCUT2D eigenvalue weighted by atomic mass is 10.0. The summed E-state index contributed by atoms with van der Waals surface area (Å²) < 4.78 is 5.96. The molecule has 1 aromatic heterocycles. The van der Waals surface area contributed by atoms with Crippen molar-refractivity contribution in [2.45, 2.75) is 33.6 Å². The number of benzene rings is 1. The van der Waals surface area contributed by atoms with Crippen LogP contribution in [0.3, 0.4) is 0 Å². The first kappa shape index (κ1) is 15.4. The quantitative estimate of drug-likeness (QED) is 0.874. The Bertz CT molecular complexity index is 683. The lowest BCUT2D eigenvalue weighted by Gasteiger charge is -2.16. The summed E-state index contributed by atoms with van der Waals surface area (Å²) in [6.07, 6.45) is 0. The van der Waals surface area contributed by atoms with Crippen LogP contribution in [0.5, 0.6) is 11.6 Å². The van der Waals surface area contributed by atoms with Gasteiger partial charge in [-0.25, -0.2) is 0 Å². The van der Waals surface area contributed by atoms with E-state index >= 15 is 0 Å². The molecule has 0 unspecified atom stereocenters. The molecule has 110 valence electrons. The number of nitrogens with zero attached hydrogens (tertiary/aromatic N) is 2. The maximum atomic E-state index is 5.96. The molecule has 0 aliphatic carbocycles. The van der Waals surface area contributed by atoms with Gasteiger partial charge in [-0.15, -0.1) is 5.10 Å². The molecule has 0 saturated carbocycles. The zero-order valence-corrected chi connectivity index (χ0v) is 13.5. The van der Waals surface area contributed by atoms with Gasteiger partial charge in [0, 0.05) is 0 Å². The normalized spacial score (nSPS) is 10.7. The third-order valence-electron chi connectivity index (χ3n) is 3.42. The summed E-state index contributed by atoms with van der Waals surface area (Å²) >= 11 is 5.13. The fraction of sp³-hybridized carbons (Fsp3) is 0.312. The molecule has 1 aromatic carbocycles. The predicted octanol–water partition coefficient (Wildman–Crippen LogP) is 3.64. The number of rotatable bonds is 4. The minimum absolute atomic E-state index is 0.266. The lowest BCUT2D eigenvalue weighted by molar-refractivity contribution is 0.444. The first-order valence-corrected chi connectivity index (χ1v) is 7.23. The number of hydrogen-bond acceptors (Lipinski definition) is 4. The van der Waals surface area contributed by atoms with Gasteiger partial charge in [0.1, 0.15) is 10.7 Å². The van der Waals surface area contributed by atoms with Crippen molar-refractivity contribution in [2.24, 2.45) is 5.73 Å². The van der Waals surface area contributed by atoms with Gasteiger partial charge in [-0.1, -0.05) is 44.3 Å². The Kier molecular flexibility index (Phi) is 4.53. The molecule has 0 spiro atoms. The Morgan fingerprint density at radius 1 is 1.19 bits per heavy atom.